The van der Waals surface area contributed by atoms with E-state index in [2.05, 4.69) is 0 Å². The van der Waals surface area contributed by atoms with Gasteiger partial charge in [-0.3, -0.25) is 9.59 Å². The van der Waals surface area contributed by atoms with Gasteiger partial charge in [-0.05, 0) is 31.9 Å². The van der Waals surface area contributed by atoms with Gasteiger partial charge in [0.1, 0.15) is 11.7 Å². The van der Waals surface area contributed by atoms with Gasteiger partial charge in [-0.25, -0.2) is 4.79 Å². The molecule has 4 aliphatic carbocycles. The molecule has 2 fully saturated rings. The van der Waals surface area contributed by atoms with Crippen molar-refractivity contribution in [1.29, 1.82) is 0 Å². The lowest BCUT2D eigenvalue weighted by atomic mass is 9.59. The first-order valence-corrected chi connectivity index (χ1v) is 12.2. The first-order valence-electron chi connectivity index (χ1n) is 12.2. The number of ketones is 1. The van der Waals surface area contributed by atoms with Crippen LogP contribution in [0.5, 0.6) is 0 Å². The molecular formula is C27H36O8. The molecule has 0 aromatic rings. The zero-order valence-electron chi connectivity index (χ0n) is 21.4. The lowest BCUT2D eigenvalue weighted by molar-refractivity contribution is -0.227. The average molecular weight is 489 g/mol. The molecule has 0 heterocycles. The van der Waals surface area contributed by atoms with Gasteiger partial charge in [-0.2, -0.15) is 0 Å². The third kappa shape index (κ3) is 3.12. The van der Waals surface area contributed by atoms with Gasteiger partial charge in [-0.15, -0.1) is 0 Å². The summed E-state index contributed by atoms with van der Waals surface area (Å²) in [5.41, 5.74) is -4.45. The van der Waals surface area contributed by atoms with E-state index in [-0.39, 0.29) is 6.42 Å². The fourth-order valence-corrected chi connectivity index (χ4v) is 7.35. The summed E-state index contributed by atoms with van der Waals surface area (Å²) in [5.74, 6) is -4.63. The van der Waals surface area contributed by atoms with E-state index in [1.165, 1.54) is 6.92 Å². The Morgan fingerprint density at radius 2 is 1.83 bits per heavy atom. The Balaban J connectivity index is 1.96. The average Bonchev–Trinajstić information content (AvgIpc) is 3.21. The molecule has 0 radical (unpaired) electrons. The number of rotatable bonds is 4. The zero-order valence-corrected chi connectivity index (χ0v) is 21.4. The topological polar surface area (TPSA) is 130 Å². The lowest BCUT2D eigenvalue weighted by Crippen LogP contribution is -2.66. The molecule has 4 aliphatic rings. The van der Waals surface area contributed by atoms with Crippen molar-refractivity contribution >= 4 is 17.7 Å². The number of hydrogen-bond acceptors (Lipinski definition) is 8. The van der Waals surface area contributed by atoms with Crippen LogP contribution in [-0.2, 0) is 23.9 Å². The van der Waals surface area contributed by atoms with E-state index >= 15 is 0 Å². The van der Waals surface area contributed by atoms with Crippen LogP contribution in [0.4, 0.5) is 0 Å². The highest BCUT2D eigenvalue weighted by atomic mass is 16.6. The van der Waals surface area contributed by atoms with Crippen molar-refractivity contribution in [3.8, 4) is 0 Å². The largest absolute Gasteiger partial charge is 0.458 e. The molecule has 4 rings (SSSR count). The van der Waals surface area contributed by atoms with Crippen LogP contribution in [-0.4, -0.2) is 62.6 Å². The molecule has 0 saturated heterocycles. The minimum absolute atomic E-state index is 0.123. The lowest BCUT2D eigenvalue weighted by Gasteiger charge is -2.53. The molecular weight excluding hydrogens is 452 g/mol. The Labute approximate surface area is 205 Å². The van der Waals surface area contributed by atoms with Crippen LogP contribution in [0, 0.1) is 29.1 Å². The molecule has 0 aromatic carbocycles. The molecule has 8 heteroatoms. The zero-order chi connectivity index (χ0) is 26.3. The molecule has 0 amide bonds. The Bertz CT molecular complexity index is 1080. The molecule has 0 bridgehead atoms. The van der Waals surface area contributed by atoms with Crippen LogP contribution >= 0.6 is 0 Å². The van der Waals surface area contributed by atoms with E-state index in [0.29, 0.717) is 16.7 Å². The smallest absolute Gasteiger partial charge is 0.334 e. The monoisotopic (exact) mass is 488 g/mol. The van der Waals surface area contributed by atoms with E-state index in [1.807, 2.05) is 13.8 Å². The number of aliphatic hydroxyl groups excluding tert-OH is 1. The number of ether oxygens (including phenoxy) is 2. The number of carbonyl (C=O) groups excluding carboxylic acids is 3. The quantitative estimate of drug-likeness (QED) is 0.311. The normalized spacial score (nSPS) is 43.7. The molecule has 192 valence electrons. The van der Waals surface area contributed by atoms with Crippen molar-refractivity contribution in [2.75, 3.05) is 6.61 Å². The standard InChI is InChI=1S/C27H36O8/c1-8-13(2)23(31)35-27-20(24(27,6)7)18-10-17(12-28)11-25(32)19(9-14(3)21(25)30)26(18,33)15(4)22(27)34-16(5)29/h8-10,15,18-20,22,28,32-33H,11-12H2,1-7H3. The van der Waals surface area contributed by atoms with Gasteiger partial charge >= 0.3 is 11.9 Å². The highest BCUT2D eigenvalue weighted by molar-refractivity contribution is 6.04. The molecule has 8 unspecified atom stereocenters. The van der Waals surface area contributed by atoms with E-state index in [1.54, 1.807) is 45.9 Å². The van der Waals surface area contributed by atoms with Gasteiger partial charge in [0.15, 0.2) is 11.4 Å². The van der Waals surface area contributed by atoms with Crippen LogP contribution in [0.3, 0.4) is 0 Å². The summed E-state index contributed by atoms with van der Waals surface area (Å²) in [5, 5.41) is 34.3. The molecule has 0 aromatic heterocycles. The number of allylic oxidation sites excluding steroid dienone is 1. The highest BCUT2D eigenvalue weighted by Crippen LogP contribution is 2.77. The van der Waals surface area contributed by atoms with Gasteiger partial charge < -0.3 is 24.8 Å². The SMILES string of the molecule is CC=C(C)C(=O)OC12C(OC(C)=O)C(C)C3(O)C(C=C(CO)CC4(O)C(=O)C(C)=CC43)C1C2(C)C. The predicted octanol–water partition coefficient (Wildman–Crippen LogP) is 2.02. The van der Waals surface area contributed by atoms with Crippen LogP contribution in [0.25, 0.3) is 0 Å². The van der Waals surface area contributed by atoms with E-state index in [4.69, 9.17) is 9.47 Å². The van der Waals surface area contributed by atoms with E-state index in [0.717, 1.165) is 0 Å². The first-order chi connectivity index (χ1) is 16.1. The summed E-state index contributed by atoms with van der Waals surface area (Å²) >= 11 is 0. The first kappa shape index (κ1) is 25.8. The van der Waals surface area contributed by atoms with Crippen molar-refractivity contribution in [3.63, 3.8) is 0 Å². The Morgan fingerprint density at radius 3 is 2.37 bits per heavy atom. The van der Waals surface area contributed by atoms with Gasteiger partial charge in [0.25, 0.3) is 0 Å². The number of aliphatic hydroxyl groups is 3. The van der Waals surface area contributed by atoms with Crippen molar-refractivity contribution in [1.82, 2.24) is 0 Å². The van der Waals surface area contributed by atoms with Crippen molar-refractivity contribution in [3.05, 3.63) is 34.9 Å². The fourth-order valence-electron chi connectivity index (χ4n) is 7.35. The van der Waals surface area contributed by atoms with Crippen LogP contribution in [0.2, 0.25) is 0 Å². The number of hydrogen-bond donors (Lipinski definition) is 3. The second kappa shape index (κ2) is 7.85. The second-order valence-electron chi connectivity index (χ2n) is 11.3. The Morgan fingerprint density at radius 1 is 1.20 bits per heavy atom. The van der Waals surface area contributed by atoms with Crippen molar-refractivity contribution in [2.45, 2.75) is 77.8 Å². The van der Waals surface area contributed by atoms with Gasteiger partial charge in [0, 0.05) is 48.0 Å². The molecule has 8 atom stereocenters. The van der Waals surface area contributed by atoms with Crippen molar-refractivity contribution in [2.24, 2.45) is 29.1 Å². The predicted molar refractivity (Wildman–Crippen MR) is 126 cm³/mol. The minimum atomic E-state index is -1.94. The number of esters is 2. The molecule has 2 saturated carbocycles. The third-order valence-electron chi connectivity index (χ3n) is 9.27. The number of fused-ring (bicyclic) bond motifs is 5. The summed E-state index contributed by atoms with van der Waals surface area (Å²) in [4.78, 5) is 38.4. The molecule has 35 heavy (non-hydrogen) atoms. The van der Waals surface area contributed by atoms with Crippen LogP contribution in [0.15, 0.2) is 34.9 Å². The summed E-state index contributed by atoms with van der Waals surface area (Å²) < 4.78 is 12.0. The van der Waals surface area contributed by atoms with E-state index < -0.39 is 76.3 Å². The third-order valence-corrected chi connectivity index (χ3v) is 9.27. The summed E-state index contributed by atoms with van der Waals surface area (Å²) in [6, 6.07) is 0. The molecule has 0 spiro atoms. The molecule has 3 N–H and O–H groups in total. The van der Waals surface area contributed by atoms with E-state index in [9.17, 15) is 29.7 Å². The fraction of sp³-hybridized carbons (Fsp3) is 0.667. The second-order valence-corrected chi connectivity index (χ2v) is 11.3. The summed E-state index contributed by atoms with van der Waals surface area (Å²) in [7, 11) is 0. The Kier molecular flexibility index (Phi) is 5.79. The maximum absolute atomic E-state index is 13.1. The molecule has 8 nitrogen and oxygen atoms in total. The maximum Gasteiger partial charge on any atom is 0.334 e. The summed E-state index contributed by atoms with van der Waals surface area (Å²) in [6.45, 7) is 11.3. The highest BCUT2D eigenvalue weighted by Gasteiger charge is 2.87. The number of carbonyl (C=O) groups is 3. The molecule has 0 aliphatic heterocycles. The maximum atomic E-state index is 13.1. The van der Waals surface area contributed by atoms with Gasteiger partial charge in [0.05, 0.1) is 12.2 Å². The minimum Gasteiger partial charge on any atom is -0.458 e. The summed E-state index contributed by atoms with van der Waals surface area (Å²) in [6.07, 6.45) is 3.83. The Hall–Kier alpha value is -2.29. The number of Topliss-reactive ketones (excluding diaryl/α,β-unsaturated/α-hetero) is 1. The van der Waals surface area contributed by atoms with Crippen molar-refractivity contribution < 1.29 is 39.2 Å². The van der Waals surface area contributed by atoms with Crippen LogP contribution < -0.4 is 0 Å². The van der Waals surface area contributed by atoms with Crippen LogP contribution in [0.1, 0.15) is 54.9 Å². The van der Waals surface area contributed by atoms with Gasteiger partial charge in [-0.1, -0.05) is 39.0 Å². The van der Waals surface area contributed by atoms with Gasteiger partial charge in [0.2, 0.25) is 0 Å².